The second kappa shape index (κ2) is 8.03. The van der Waals surface area contributed by atoms with Crippen LogP contribution in [-0.2, 0) is 0 Å². The lowest BCUT2D eigenvalue weighted by Gasteiger charge is -2.15. The van der Waals surface area contributed by atoms with Crippen molar-refractivity contribution in [1.82, 2.24) is 0 Å². The highest BCUT2D eigenvalue weighted by Crippen LogP contribution is 2.22. The molecule has 100 valence electrons. The summed E-state index contributed by atoms with van der Waals surface area (Å²) in [6, 6.07) is 9.97. The van der Waals surface area contributed by atoms with Gasteiger partial charge in [0.2, 0.25) is 0 Å². The average molecular weight is 266 g/mol. The Balaban J connectivity index is 2.58. The smallest absolute Gasteiger partial charge is 0.147 e. The van der Waals surface area contributed by atoms with Crippen LogP contribution in [0.15, 0.2) is 35.5 Å². The second-order valence-electron chi connectivity index (χ2n) is 4.75. The van der Waals surface area contributed by atoms with E-state index in [0.717, 1.165) is 23.0 Å². The Kier molecular flexibility index (Phi) is 6.65. The summed E-state index contributed by atoms with van der Waals surface area (Å²) < 4.78 is 0. The Hall–Kier alpha value is -1.16. The molecule has 1 aromatic rings. The number of oxime groups is 1. The third-order valence-electron chi connectivity index (χ3n) is 2.80. The molecule has 0 aliphatic heterocycles. The first-order chi connectivity index (χ1) is 8.65. The fourth-order valence-electron chi connectivity index (χ4n) is 1.63. The zero-order chi connectivity index (χ0) is 13.4. The van der Waals surface area contributed by atoms with Crippen LogP contribution in [-0.4, -0.2) is 22.5 Å². The maximum Gasteiger partial charge on any atom is 0.147 e. The van der Waals surface area contributed by atoms with Crippen molar-refractivity contribution in [2.24, 2.45) is 16.8 Å². The standard InChI is InChI=1S/C14H22N2OS/c1-11(2)8-9-18-10-13(14(15)16-17)12-6-4-3-5-7-12/h3-7,11,13,17H,8-10H2,1-2H3,(H2,15,16). The third-order valence-corrected chi connectivity index (χ3v) is 3.89. The van der Waals surface area contributed by atoms with Crippen LogP contribution in [0.25, 0.3) is 0 Å². The second-order valence-corrected chi connectivity index (χ2v) is 5.90. The third kappa shape index (κ3) is 5.00. The van der Waals surface area contributed by atoms with Crippen molar-refractivity contribution in [2.45, 2.75) is 26.2 Å². The summed E-state index contributed by atoms with van der Waals surface area (Å²) in [5.74, 6) is 2.97. The molecule has 18 heavy (non-hydrogen) atoms. The molecule has 3 N–H and O–H groups in total. The topological polar surface area (TPSA) is 58.6 Å². The molecule has 0 saturated heterocycles. The van der Waals surface area contributed by atoms with Crippen LogP contribution in [0.4, 0.5) is 0 Å². The minimum atomic E-state index is -0.00615. The Labute approximate surface area is 113 Å². The molecule has 0 bridgehead atoms. The number of nitrogens with two attached hydrogens (primary N) is 1. The summed E-state index contributed by atoms with van der Waals surface area (Å²) in [5.41, 5.74) is 6.88. The van der Waals surface area contributed by atoms with E-state index in [9.17, 15) is 0 Å². The van der Waals surface area contributed by atoms with Gasteiger partial charge in [0.15, 0.2) is 0 Å². The summed E-state index contributed by atoms with van der Waals surface area (Å²) >= 11 is 1.86. The van der Waals surface area contributed by atoms with E-state index in [2.05, 4.69) is 19.0 Å². The van der Waals surface area contributed by atoms with Crippen molar-refractivity contribution in [3.63, 3.8) is 0 Å². The molecular weight excluding hydrogens is 244 g/mol. The van der Waals surface area contributed by atoms with Crippen LogP contribution in [0.3, 0.4) is 0 Å². The van der Waals surface area contributed by atoms with Gasteiger partial charge in [-0.3, -0.25) is 0 Å². The minimum Gasteiger partial charge on any atom is -0.409 e. The lowest BCUT2D eigenvalue weighted by molar-refractivity contribution is 0.316. The number of thioether (sulfide) groups is 1. The van der Waals surface area contributed by atoms with Crippen molar-refractivity contribution in [2.75, 3.05) is 11.5 Å². The van der Waals surface area contributed by atoms with E-state index in [4.69, 9.17) is 10.9 Å². The number of nitrogens with zero attached hydrogens (tertiary/aromatic N) is 1. The molecule has 1 rings (SSSR count). The van der Waals surface area contributed by atoms with Crippen molar-refractivity contribution >= 4 is 17.6 Å². The highest BCUT2D eigenvalue weighted by Gasteiger charge is 2.16. The van der Waals surface area contributed by atoms with E-state index in [1.165, 1.54) is 6.42 Å². The average Bonchev–Trinajstić information content (AvgIpc) is 2.38. The molecule has 0 radical (unpaired) electrons. The Morgan fingerprint density at radius 3 is 2.56 bits per heavy atom. The fourth-order valence-corrected chi connectivity index (χ4v) is 3.03. The van der Waals surface area contributed by atoms with Crippen LogP contribution >= 0.6 is 11.8 Å². The quantitative estimate of drug-likeness (QED) is 0.262. The van der Waals surface area contributed by atoms with Gasteiger partial charge in [0.05, 0.1) is 5.92 Å². The van der Waals surface area contributed by atoms with Crippen LogP contribution in [0.5, 0.6) is 0 Å². The van der Waals surface area contributed by atoms with Crippen LogP contribution < -0.4 is 5.73 Å². The van der Waals surface area contributed by atoms with Crippen molar-refractivity contribution in [3.8, 4) is 0 Å². The van der Waals surface area contributed by atoms with Gasteiger partial charge in [-0.1, -0.05) is 49.3 Å². The summed E-state index contributed by atoms with van der Waals surface area (Å²) in [7, 11) is 0. The Morgan fingerprint density at radius 2 is 2.00 bits per heavy atom. The molecule has 0 aliphatic carbocycles. The lowest BCUT2D eigenvalue weighted by atomic mass is 10.0. The molecule has 0 aliphatic rings. The molecule has 0 amide bonds. The molecule has 0 fully saturated rings. The molecule has 0 heterocycles. The van der Waals surface area contributed by atoms with Crippen molar-refractivity contribution in [1.29, 1.82) is 0 Å². The van der Waals surface area contributed by atoms with Crippen molar-refractivity contribution in [3.05, 3.63) is 35.9 Å². The molecule has 0 aromatic heterocycles. The molecule has 3 nitrogen and oxygen atoms in total. The first kappa shape index (κ1) is 14.9. The first-order valence-electron chi connectivity index (χ1n) is 6.25. The summed E-state index contributed by atoms with van der Waals surface area (Å²) in [6.07, 6.45) is 1.20. The first-order valence-corrected chi connectivity index (χ1v) is 7.40. The number of hydrogen-bond acceptors (Lipinski definition) is 3. The monoisotopic (exact) mass is 266 g/mol. The van der Waals surface area contributed by atoms with Gasteiger partial charge in [-0.2, -0.15) is 11.8 Å². The van der Waals surface area contributed by atoms with E-state index in [-0.39, 0.29) is 5.92 Å². The Morgan fingerprint density at radius 1 is 1.33 bits per heavy atom. The summed E-state index contributed by atoms with van der Waals surface area (Å²) in [4.78, 5) is 0. The van der Waals surface area contributed by atoms with Crippen LogP contribution in [0, 0.1) is 5.92 Å². The van der Waals surface area contributed by atoms with Gasteiger partial charge in [-0.15, -0.1) is 0 Å². The van der Waals surface area contributed by atoms with E-state index >= 15 is 0 Å². The fraction of sp³-hybridized carbons (Fsp3) is 0.500. The van der Waals surface area contributed by atoms with E-state index < -0.39 is 0 Å². The molecular formula is C14H22N2OS. The molecule has 4 heteroatoms. The van der Waals surface area contributed by atoms with Gasteiger partial charge < -0.3 is 10.9 Å². The maximum atomic E-state index is 8.86. The zero-order valence-electron chi connectivity index (χ0n) is 11.0. The normalized spacial score (nSPS) is 13.8. The predicted molar refractivity (Wildman–Crippen MR) is 79.4 cm³/mol. The molecule has 1 aromatic carbocycles. The molecule has 1 unspecified atom stereocenters. The highest BCUT2D eigenvalue weighted by atomic mass is 32.2. The molecule has 0 saturated carbocycles. The van der Waals surface area contributed by atoms with E-state index in [1.807, 2.05) is 42.1 Å². The molecule has 1 atom stereocenters. The van der Waals surface area contributed by atoms with Gasteiger partial charge in [0.1, 0.15) is 5.84 Å². The van der Waals surface area contributed by atoms with Gasteiger partial charge in [-0.05, 0) is 23.7 Å². The number of amidine groups is 1. The van der Waals surface area contributed by atoms with Crippen molar-refractivity contribution < 1.29 is 5.21 Å². The minimum absolute atomic E-state index is 0.00615. The number of rotatable bonds is 7. The van der Waals surface area contributed by atoms with Gasteiger partial charge in [-0.25, -0.2) is 0 Å². The highest BCUT2D eigenvalue weighted by molar-refractivity contribution is 7.99. The van der Waals surface area contributed by atoms with Gasteiger partial charge in [0, 0.05) is 5.75 Å². The largest absolute Gasteiger partial charge is 0.409 e. The zero-order valence-corrected chi connectivity index (χ0v) is 11.9. The number of hydrogen-bond donors (Lipinski definition) is 2. The summed E-state index contributed by atoms with van der Waals surface area (Å²) in [5, 5.41) is 12.0. The van der Waals surface area contributed by atoms with E-state index in [1.54, 1.807) is 0 Å². The molecule has 0 spiro atoms. The Bertz CT molecular complexity index is 365. The SMILES string of the molecule is CC(C)CCSCC(/C(N)=N/O)c1ccccc1. The maximum absolute atomic E-state index is 8.86. The lowest BCUT2D eigenvalue weighted by Crippen LogP contribution is -2.24. The van der Waals surface area contributed by atoms with Gasteiger partial charge >= 0.3 is 0 Å². The van der Waals surface area contributed by atoms with Gasteiger partial charge in [0.25, 0.3) is 0 Å². The van der Waals surface area contributed by atoms with E-state index in [0.29, 0.717) is 5.84 Å². The van der Waals surface area contributed by atoms with Crippen LogP contribution in [0.2, 0.25) is 0 Å². The summed E-state index contributed by atoms with van der Waals surface area (Å²) in [6.45, 7) is 4.44. The predicted octanol–water partition coefficient (Wildman–Crippen LogP) is 3.30. The number of benzene rings is 1. The van der Waals surface area contributed by atoms with Crippen LogP contribution in [0.1, 0.15) is 31.7 Å².